The fourth-order valence-electron chi connectivity index (χ4n) is 3.37. The lowest BCUT2D eigenvalue weighted by Gasteiger charge is -2.10. The molecule has 2 aliphatic carbocycles. The molecule has 4 rings (SSSR count). The molecule has 0 radical (unpaired) electrons. The van der Waals surface area contributed by atoms with Gasteiger partial charge in [0.15, 0.2) is 5.82 Å². The lowest BCUT2D eigenvalue weighted by molar-refractivity contribution is -0.117. The summed E-state index contributed by atoms with van der Waals surface area (Å²) in [4.78, 5) is 12.2. The van der Waals surface area contributed by atoms with Gasteiger partial charge in [-0.1, -0.05) is 25.0 Å². The zero-order chi connectivity index (χ0) is 15.6. The predicted octanol–water partition coefficient (Wildman–Crippen LogP) is 3.19. The summed E-state index contributed by atoms with van der Waals surface area (Å²) >= 11 is 0. The third-order valence-electron chi connectivity index (χ3n) is 4.74. The number of rotatable bonds is 5. The van der Waals surface area contributed by atoms with Crippen LogP contribution in [-0.4, -0.2) is 26.1 Å². The van der Waals surface area contributed by atoms with Gasteiger partial charge in [0.05, 0.1) is 6.04 Å². The Balaban J connectivity index is 1.47. The van der Waals surface area contributed by atoms with Crippen molar-refractivity contribution in [1.29, 1.82) is 0 Å². The van der Waals surface area contributed by atoms with Crippen molar-refractivity contribution in [3.05, 3.63) is 24.3 Å². The fourth-order valence-corrected chi connectivity index (χ4v) is 3.37. The van der Waals surface area contributed by atoms with Crippen molar-refractivity contribution in [2.24, 2.45) is 5.92 Å². The van der Waals surface area contributed by atoms with Crippen molar-refractivity contribution in [1.82, 2.24) is 20.2 Å². The third-order valence-corrected chi connectivity index (χ3v) is 4.74. The van der Waals surface area contributed by atoms with Crippen molar-refractivity contribution >= 4 is 11.6 Å². The first-order valence-corrected chi connectivity index (χ1v) is 8.48. The van der Waals surface area contributed by atoms with E-state index in [-0.39, 0.29) is 5.91 Å². The van der Waals surface area contributed by atoms with E-state index in [4.69, 9.17) is 0 Å². The van der Waals surface area contributed by atoms with Crippen LogP contribution in [-0.2, 0) is 4.79 Å². The van der Waals surface area contributed by atoms with Crippen LogP contribution in [0.15, 0.2) is 24.3 Å². The smallest absolute Gasteiger partial charge is 0.224 e. The molecule has 2 aliphatic rings. The Hall–Kier alpha value is -2.24. The maximum atomic E-state index is 12.2. The minimum atomic E-state index is 0.107. The number of anilines is 1. The van der Waals surface area contributed by atoms with E-state index in [1.165, 1.54) is 25.7 Å². The van der Waals surface area contributed by atoms with Crippen LogP contribution in [0.25, 0.3) is 11.4 Å². The molecular weight excluding hydrogens is 290 g/mol. The second-order valence-electron chi connectivity index (χ2n) is 6.66. The molecule has 2 saturated carbocycles. The fraction of sp³-hybridized carbons (Fsp3) is 0.529. The van der Waals surface area contributed by atoms with E-state index in [1.54, 1.807) is 0 Å². The lowest BCUT2D eigenvalue weighted by atomic mass is 10.0. The molecule has 0 saturated heterocycles. The second kappa shape index (κ2) is 6.10. The van der Waals surface area contributed by atoms with E-state index in [9.17, 15) is 4.79 Å². The minimum absolute atomic E-state index is 0.107. The zero-order valence-corrected chi connectivity index (χ0v) is 13.1. The number of nitrogens with zero attached hydrogens (tertiary/aromatic N) is 4. The molecule has 0 aliphatic heterocycles. The van der Waals surface area contributed by atoms with Gasteiger partial charge in [-0.2, -0.15) is 0 Å². The van der Waals surface area contributed by atoms with Crippen LogP contribution >= 0.6 is 0 Å². The number of amides is 1. The van der Waals surface area contributed by atoms with Crippen LogP contribution < -0.4 is 5.32 Å². The molecule has 2 aromatic rings. The minimum Gasteiger partial charge on any atom is -0.326 e. The summed E-state index contributed by atoms with van der Waals surface area (Å²) in [7, 11) is 0. The van der Waals surface area contributed by atoms with E-state index in [1.807, 2.05) is 28.9 Å². The summed E-state index contributed by atoms with van der Waals surface area (Å²) in [6.07, 6.45) is 7.79. The van der Waals surface area contributed by atoms with Crippen LogP contribution in [0.1, 0.15) is 51.0 Å². The molecule has 1 heterocycles. The summed E-state index contributed by atoms with van der Waals surface area (Å²) in [5.41, 5.74) is 1.76. The van der Waals surface area contributed by atoms with E-state index in [0.717, 1.165) is 29.9 Å². The van der Waals surface area contributed by atoms with E-state index in [2.05, 4.69) is 20.8 Å². The highest BCUT2D eigenvalue weighted by molar-refractivity contribution is 5.91. The first kappa shape index (κ1) is 14.4. The maximum Gasteiger partial charge on any atom is 0.224 e. The Kier molecular flexibility index (Phi) is 3.81. The number of hydrogen-bond donors (Lipinski definition) is 1. The quantitative estimate of drug-likeness (QED) is 0.920. The van der Waals surface area contributed by atoms with E-state index >= 15 is 0 Å². The van der Waals surface area contributed by atoms with Gasteiger partial charge in [-0.3, -0.25) is 4.79 Å². The van der Waals surface area contributed by atoms with Gasteiger partial charge >= 0.3 is 0 Å². The zero-order valence-electron chi connectivity index (χ0n) is 13.1. The van der Waals surface area contributed by atoms with Gasteiger partial charge in [0.2, 0.25) is 5.91 Å². The molecular formula is C17H21N5O. The van der Waals surface area contributed by atoms with Crippen molar-refractivity contribution < 1.29 is 4.79 Å². The second-order valence-corrected chi connectivity index (χ2v) is 6.66. The molecule has 0 atom stereocenters. The average Bonchev–Trinajstić information content (AvgIpc) is 3.06. The molecule has 6 heteroatoms. The van der Waals surface area contributed by atoms with E-state index < -0.39 is 0 Å². The van der Waals surface area contributed by atoms with Gasteiger partial charge in [0, 0.05) is 17.7 Å². The lowest BCUT2D eigenvalue weighted by Crippen LogP contribution is -2.15. The van der Waals surface area contributed by atoms with Crippen molar-refractivity contribution in [3.63, 3.8) is 0 Å². The summed E-state index contributed by atoms with van der Waals surface area (Å²) in [6.45, 7) is 0. The van der Waals surface area contributed by atoms with Crippen molar-refractivity contribution in [3.8, 4) is 11.4 Å². The van der Waals surface area contributed by atoms with Gasteiger partial charge in [0.1, 0.15) is 0 Å². The Morgan fingerprint density at radius 1 is 1.22 bits per heavy atom. The number of aromatic nitrogens is 4. The molecule has 1 N–H and O–H groups in total. The van der Waals surface area contributed by atoms with Crippen LogP contribution in [0.2, 0.25) is 0 Å². The standard InChI is InChI=1S/C17H21N5O/c23-16(10-12-4-1-2-5-12)18-14-7-3-6-13(11-14)17-19-20-21-22(17)15-8-9-15/h3,6-7,11-12,15H,1-2,4-5,8-10H2,(H,18,23). The average molecular weight is 311 g/mol. The number of nitrogens with one attached hydrogen (secondary N) is 1. The van der Waals surface area contributed by atoms with Crippen LogP contribution in [0.4, 0.5) is 5.69 Å². The number of carbonyl (C=O) groups excluding carboxylic acids is 1. The van der Waals surface area contributed by atoms with Crippen LogP contribution in [0.5, 0.6) is 0 Å². The summed E-state index contributed by atoms with van der Waals surface area (Å²) < 4.78 is 1.89. The molecule has 1 aromatic carbocycles. The molecule has 0 unspecified atom stereocenters. The molecule has 1 amide bonds. The van der Waals surface area contributed by atoms with Gasteiger partial charge < -0.3 is 5.32 Å². The van der Waals surface area contributed by atoms with Crippen molar-refractivity contribution in [2.75, 3.05) is 5.32 Å². The monoisotopic (exact) mass is 311 g/mol. The number of hydrogen-bond acceptors (Lipinski definition) is 4. The Morgan fingerprint density at radius 3 is 2.83 bits per heavy atom. The largest absolute Gasteiger partial charge is 0.326 e. The van der Waals surface area contributed by atoms with Gasteiger partial charge in [-0.05, 0) is 54.2 Å². The SMILES string of the molecule is O=C(CC1CCCC1)Nc1cccc(-c2nnnn2C2CC2)c1. The van der Waals surface area contributed by atoms with Gasteiger partial charge in [0.25, 0.3) is 0 Å². The molecule has 23 heavy (non-hydrogen) atoms. The topological polar surface area (TPSA) is 72.7 Å². The Morgan fingerprint density at radius 2 is 2.04 bits per heavy atom. The first-order chi connectivity index (χ1) is 11.3. The van der Waals surface area contributed by atoms with Gasteiger partial charge in [-0.15, -0.1) is 5.10 Å². The first-order valence-electron chi connectivity index (χ1n) is 8.48. The number of tetrazole rings is 1. The van der Waals surface area contributed by atoms with Crippen molar-refractivity contribution in [2.45, 2.75) is 51.0 Å². The highest BCUT2D eigenvalue weighted by Crippen LogP contribution is 2.36. The molecule has 0 spiro atoms. The summed E-state index contributed by atoms with van der Waals surface area (Å²) in [5, 5.41) is 15.0. The third kappa shape index (κ3) is 3.25. The Bertz CT molecular complexity index is 701. The predicted molar refractivity (Wildman–Crippen MR) is 86.7 cm³/mol. The maximum absolute atomic E-state index is 12.2. The Labute approximate surface area is 135 Å². The molecule has 120 valence electrons. The van der Waals surface area contributed by atoms with E-state index in [0.29, 0.717) is 18.4 Å². The van der Waals surface area contributed by atoms with Crippen LogP contribution in [0.3, 0.4) is 0 Å². The normalized spacial score (nSPS) is 18.3. The molecule has 6 nitrogen and oxygen atoms in total. The van der Waals surface area contributed by atoms with Crippen LogP contribution in [0, 0.1) is 5.92 Å². The van der Waals surface area contributed by atoms with Gasteiger partial charge in [-0.25, -0.2) is 4.68 Å². The molecule has 2 fully saturated rings. The number of benzene rings is 1. The summed E-state index contributed by atoms with van der Waals surface area (Å²) in [5.74, 6) is 1.44. The highest BCUT2D eigenvalue weighted by Gasteiger charge is 2.28. The molecule has 0 bridgehead atoms. The number of carbonyl (C=O) groups is 1. The highest BCUT2D eigenvalue weighted by atomic mass is 16.1. The summed E-state index contributed by atoms with van der Waals surface area (Å²) in [6, 6.07) is 8.22. The molecule has 1 aromatic heterocycles.